The quantitative estimate of drug-likeness (QED) is 0.477. The van der Waals surface area contributed by atoms with E-state index in [1.807, 2.05) is 32.0 Å². The van der Waals surface area contributed by atoms with Crippen LogP contribution in [0.25, 0.3) is 0 Å². The van der Waals surface area contributed by atoms with Crippen molar-refractivity contribution in [2.24, 2.45) is 0 Å². The second-order valence-electron chi connectivity index (χ2n) is 6.03. The molecule has 3 atom stereocenters. The molecule has 0 spiro atoms. The van der Waals surface area contributed by atoms with Gasteiger partial charge in [0, 0.05) is 18.3 Å². The molecule has 1 aliphatic rings. The van der Waals surface area contributed by atoms with Gasteiger partial charge in [-0.3, -0.25) is 16.0 Å². The van der Waals surface area contributed by atoms with E-state index in [0.717, 1.165) is 17.7 Å². The largest absolute Gasteiger partial charge is 0.395 e. The average molecular weight is 321 g/mol. The Morgan fingerprint density at radius 1 is 1.30 bits per heavy atom. The molecule has 1 saturated heterocycles. The Kier molecular flexibility index (Phi) is 6.35. The molecule has 6 N–H and O–H groups in total. The fourth-order valence-corrected chi connectivity index (χ4v) is 2.61. The summed E-state index contributed by atoms with van der Waals surface area (Å²) in [5.74, 6) is 0. The smallest absolute Gasteiger partial charge is 0.321 e. The number of aliphatic hydroxyl groups is 1. The molecule has 23 heavy (non-hydrogen) atoms. The van der Waals surface area contributed by atoms with E-state index in [9.17, 15) is 4.79 Å². The highest BCUT2D eigenvalue weighted by atomic mass is 16.3. The summed E-state index contributed by atoms with van der Waals surface area (Å²) >= 11 is 0. The molecular weight excluding hydrogens is 294 g/mol. The lowest BCUT2D eigenvalue weighted by Crippen LogP contribution is -2.67. The van der Waals surface area contributed by atoms with Crippen LogP contribution in [0.1, 0.15) is 24.5 Å². The first kappa shape index (κ1) is 17.7. The first-order chi connectivity index (χ1) is 11.0. The molecule has 2 amide bonds. The topological polar surface area (TPSA) is 97.5 Å². The molecule has 7 nitrogen and oxygen atoms in total. The van der Waals surface area contributed by atoms with Crippen molar-refractivity contribution in [1.29, 1.82) is 0 Å². The summed E-state index contributed by atoms with van der Waals surface area (Å²) in [6.07, 6.45) is 0.587. The van der Waals surface area contributed by atoms with Crippen LogP contribution in [-0.4, -0.2) is 42.8 Å². The molecule has 0 aliphatic carbocycles. The van der Waals surface area contributed by atoms with E-state index >= 15 is 0 Å². The molecule has 1 aromatic carbocycles. The second-order valence-corrected chi connectivity index (χ2v) is 6.03. The zero-order chi connectivity index (χ0) is 16.8. The third-order valence-electron chi connectivity index (χ3n) is 3.95. The van der Waals surface area contributed by atoms with Crippen molar-refractivity contribution in [2.45, 2.75) is 45.7 Å². The maximum absolute atomic E-state index is 12.1. The number of nitrogens with one attached hydrogen (secondary N) is 5. The van der Waals surface area contributed by atoms with Gasteiger partial charge in [0.25, 0.3) is 0 Å². The van der Waals surface area contributed by atoms with Crippen LogP contribution in [0.15, 0.2) is 18.2 Å². The number of carbonyl (C=O) groups excluding carboxylic acids is 1. The van der Waals surface area contributed by atoms with Gasteiger partial charge in [0.2, 0.25) is 0 Å². The zero-order valence-corrected chi connectivity index (χ0v) is 13.9. The highest BCUT2D eigenvalue weighted by Gasteiger charge is 2.25. The van der Waals surface area contributed by atoms with Gasteiger partial charge in [0.1, 0.15) is 6.29 Å². The summed E-state index contributed by atoms with van der Waals surface area (Å²) in [7, 11) is 0. The Morgan fingerprint density at radius 2 is 2.09 bits per heavy atom. The van der Waals surface area contributed by atoms with Crippen molar-refractivity contribution in [2.75, 3.05) is 18.5 Å². The molecule has 0 bridgehead atoms. The summed E-state index contributed by atoms with van der Waals surface area (Å²) in [5.41, 5.74) is 3.10. The molecule has 1 heterocycles. The second kappa shape index (κ2) is 8.26. The third kappa shape index (κ3) is 5.47. The predicted molar refractivity (Wildman–Crippen MR) is 91.1 cm³/mol. The number of anilines is 1. The van der Waals surface area contributed by atoms with Crippen LogP contribution < -0.4 is 26.6 Å². The number of benzene rings is 1. The van der Waals surface area contributed by atoms with Crippen molar-refractivity contribution in [3.05, 3.63) is 29.3 Å². The molecule has 1 fully saturated rings. The van der Waals surface area contributed by atoms with Crippen LogP contribution in [0.4, 0.5) is 10.5 Å². The first-order valence-electron chi connectivity index (χ1n) is 7.99. The van der Waals surface area contributed by atoms with E-state index in [4.69, 9.17) is 5.11 Å². The van der Waals surface area contributed by atoms with Gasteiger partial charge in [-0.25, -0.2) is 4.79 Å². The molecule has 7 heteroatoms. The number of hydrogen-bond donors (Lipinski definition) is 6. The maximum atomic E-state index is 12.1. The van der Waals surface area contributed by atoms with E-state index in [0.29, 0.717) is 6.54 Å². The fourth-order valence-electron chi connectivity index (χ4n) is 2.61. The van der Waals surface area contributed by atoms with Gasteiger partial charge >= 0.3 is 6.03 Å². The van der Waals surface area contributed by atoms with Gasteiger partial charge in [-0.05, 0) is 50.5 Å². The van der Waals surface area contributed by atoms with Crippen LogP contribution in [0.5, 0.6) is 0 Å². The van der Waals surface area contributed by atoms with Gasteiger partial charge in [0.05, 0.1) is 12.8 Å². The summed E-state index contributed by atoms with van der Waals surface area (Å²) in [4.78, 5) is 12.1. The minimum Gasteiger partial charge on any atom is -0.395 e. The van der Waals surface area contributed by atoms with Gasteiger partial charge in [-0.2, -0.15) is 0 Å². The summed E-state index contributed by atoms with van der Waals surface area (Å²) in [6, 6.07) is 5.80. The van der Waals surface area contributed by atoms with Crippen molar-refractivity contribution in [3.63, 3.8) is 0 Å². The molecular formula is C16H27N5O2. The number of carbonyl (C=O) groups is 1. The van der Waals surface area contributed by atoms with Gasteiger partial charge in [-0.1, -0.05) is 6.07 Å². The maximum Gasteiger partial charge on any atom is 0.321 e. The normalized spacial score (nSPS) is 24.3. The Balaban J connectivity index is 1.87. The molecule has 0 radical (unpaired) electrons. The fraction of sp³-hybridized carbons (Fsp3) is 0.562. The minimum absolute atomic E-state index is 0.0466. The molecule has 1 aliphatic heterocycles. The number of aliphatic hydroxyl groups excluding tert-OH is 1. The SMILES string of the molecule is Cc1ccc(NC(=O)NC2NC(C)CC(NCCO)N2)cc1C. The van der Waals surface area contributed by atoms with Crippen molar-refractivity contribution in [1.82, 2.24) is 21.3 Å². The molecule has 2 rings (SSSR count). The predicted octanol–water partition coefficient (Wildman–Crippen LogP) is 0.588. The minimum atomic E-state index is -0.332. The molecule has 0 aromatic heterocycles. The van der Waals surface area contributed by atoms with Gasteiger partial charge in [-0.15, -0.1) is 0 Å². The lowest BCUT2D eigenvalue weighted by Gasteiger charge is -2.36. The molecule has 0 saturated carbocycles. The van der Waals surface area contributed by atoms with Crippen molar-refractivity contribution in [3.8, 4) is 0 Å². The van der Waals surface area contributed by atoms with Crippen LogP contribution in [0.3, 0.4) is 0 Å². The lowest BCUT2D eigenvalue weighted by molar-refractivity contribution is 0.185. The van der Waals surface area contributed by atoms with Crippen molar-refractivity contribution < 1.29 is 9.90 Å². The van der Waals surface area contributed by atoms with Crippen molar-refractivity contribution >= 4 is 11.7 Å². The van der Waals surface area contributed by atoms with Crippen LogP contribution in [-0.2, 0) is 0 Å². The Hall–Kier alpha value is -1.67. The number of aryl methyl sites for hydroxylation is 2. The van der Waals surface area contributed by atoms with E-state index in [-0.39, 0.29) is 31.1 Å². The highest BCUT2D eigenvalue weighted by Crippen LogP contribution is 2.14. The zero-order valence-electron chi connectivity index (χ0n) is 13.9. The summed E-state index contributed by atoms with van der Waals surface area (Å²) in [5, 5.41) is 24.3. The van der Waals surface area contributed by atoms with E-state index in [1.165, 1.54) is 5.56 Å². The third-order valence-corrected chi connectivity index (χ3v) is 3.95. The first-order valence-corrected chi connectivity index (χ1v) is 7.99. The highest BCUT2D eigenvalue weighted by molar-refractivity contribution is 5.89. The molecule has 128 valence electrons. The number of amides is 2. The number of urea groups is 1. The molecule has 3 unspecified atom stereocenters. The number of rotatable bonds is 5. The van der Waals surface area contributed by atoms with E-state index in [1.54, 1.807) is 0 Å². The van der Waals surface area contributed by atoms with E-state index in [2.05, 4.69) is 33.5 Å². The number of hydrogen-bond acceptors (Lipinski definition) is 5. The van der Waals surface area contributed by atoms with Gasteiger partial charge in [0.15, 0.2) is 0 Å². The van der Waals surface area contributed by atoms with Crippen LogP contribution >= 0.6 is 0 Å². The molecule has 1 aromatic rings. The average Bonchev–Trinajstić information content (AvgIpc) is 2.48. The Bertz CT molecular complexity index is 537. The van der Waals surface area contributed by atoms with Crippen LogP contribution in [0.2, 0.25) is 0 Å². The van der Waals surface area contributed by atoms with Gasteiger partial charge < -0.3 is 15.7 Å². The van der Waals surface area contributed by atoms with Crippen LogP contribution in [0, 0.1) is 13.8 Å². The summed E-state index contributed by atoms with van der Waals surface area (Å²) in [6.45, 7) is 6.72. The summed E-state index contributed by atoms with van der Waals surface area (Å²) < 4.78 is 0. The standard InChI is InChI=1S/C16H27N5O2/c1-10-4-5-13(8-11(10)2)19-16(23)21-15-18-12(3)9-14(20-15)17-6-7-22/h4-5,8,12,14-15,17-18,20,22H,6-7,9H2,1-3H3,(H2,19,21,23). The lowest BCUT2D eigenvalue weighted by atomic mass is 10.1. The van der Waals surface area contributed by atoms with E-state index < -0.39 is 0 Å². The monoisotopic (exact) mass is 321 g/mol. The Labute approximate surface area is 137 Å². The Morgan fingerprint density at radius 3 is 2.78 bits per heavy atom.